The molecule has 2 heterocycles. The zero-order valence-corrected chi connectivity index (χ0v) is 10.6. The predicted octanol–water partition coefficient (Wildman–Crippen LogP) is 3.44. The van der Waals surface area contributed by atoms with Crippen LogP contribution in [-0.2, 0) is 5.41 Å². The smallest absolute Gasteiger partial charge is 0.0308 e. The number of rotatable bonds is 3. The molecule has 0 atom stereocenters. The molecule has 0 unspecified atom stereocenters. The molecular weight excluding hydrogens is 208 g/mol. The van der Waals surface area contributed by atoms with Gasteiger partial charge < -0.3 is 0 Å². The molecule has 0 aliphatic rings. The predicted molar refractivity (Wildman–Crippen MR) is 69.8 cm³/mol. The lowest BCUT2D eigenvalue weighted by Crippen LogP contribution is -2.30. The van der Waals surface area contributed by atoms with Crippen LogP contribution in [0.4, 0.5) is 0 Å². The van der Waals surface area contributed by atoms with Gasteiger partial charge in [0.15, 0.2) is 0 Å². The highest BCUT2D eigenvalue weighted by Gasteiger charge is 2.32. The maximum Gasteiger partial charge on any atom is 0.0308 e. The Bertz CT molecular complexity index is 423. The van der Waals surface area contributed by atoms with Crippen LogP contribution < -0.4 is 0 Å². The molecule has 2 aromatic heterocycles. The highest BCUT2D eigenvalue weighted by molar-refractivity contribution is 5.36. The molecule has 0 N–H and O–H groups in total. The van der Waals surface area contributed by atoms with Gasteiger partial charge in [0, 0.05) is 30.2 Å². The van der Waals surface area contributed by atoms with E-state index in [0.717, 1.165) is 0 Å². The standard InChI is InChI=1S/C15H18N2/c1-12(2)15(3,13-6-4-8-16-10-13)14-7-5-9-17-11-14/h4-12H,1-3H3. The fourth-order valence-corrected chi connectivity index (χ4v) is 2.17. The molecule has 0 aromatic carbocycles. The second kappa shape index (κ2) is 4.66. The quantitative estimate of drug-likeness (QED) is 0.801. The highest BCUT2D eigenvalue weighted by atomic mass is 14.6. The lowest BCUT2D eigenvalue weighted by molar-refractivity contribution is 0.403. The Kier molecular flexibility index (Phi) is 3.23. The lowest BCUT2D eigenvalue weighted by Gasteiger charge is -2.34. The van der Waals surface area contributed by atoms with E-state index in [0.29, 0.717) is 5.92 Å². The van der Waals surface area contributed by atoms with Gasteiger partial charge in [-0.3, -0.25) is 9.97 Å². The average Bonchev–Trinajstić information content (AvgIpc) is 2.39. The van der Waals surface area contributed by atoms with E-state index in [2.05, 4.69) is 42.9 Å². The van der Waals surface area contributed by atoms with E-state index in [1.807, 2.05) is 36.9 Å². The van der Waals surface area contributed by atoms with Gasteiger partial charge in [-0.2, -0.15) is 0 Å². The second-order valence-corrected chi connectivity index (χ2v) is 4.84. The van der Waals surface area contributed by atoms with Crippen molar-refractivity contribution in [2.75, 3.05) is 0 Å². The molecule has 0 saturated carbocycles. The molecule has 0 amide bonds. The van der Waals surface area contributed by atoms with Gasteiger partial charge in [0.25, 0.3) is 0 Å². The van der Waals surface area contributed by atoms with Gasteiger partial charge in [0.1, 0.15) is 0 Å². The Hall–Kier alpha value is -1.70. The summed E-state index contributed by atoms with van der Waals surface area (Å²) < 4.78 is 0. The molecule has 17 heavy (non-hydrogen) atoms. The lowest BCUT2D eigenvalue weighted by atomic mass is 9.69. The van der Waals surface area contributed by atoms with Crippen LogP contribution in [0.15, 0.2) is 49.1 Å². The van der Waals surface area contributed by atoms with Crippen molar-refractivity contribution in [3.8, 4) is 0 Å². The van der Waals surface area contributed by atoms with Crippen LogP contribution in [0.2, 0.25) is 0 Å². The zero-order chi connectivity index (χ0) is 12.3. The normalized spacial score (nSPS) is 11.8. The number of hydrogen-bond donors (Lipinski definition) is 0. The van der Waals surface area contributed by atoms with Crippen LogP contribution in [0.1, 0.15) is 31.9 Å². The van der Waals surface area contributed by atoms with Crippen molar-refractivity contribution < 1.29 is 0 Å². The maximum atomic E-state index is 4.24. The molecular formula is C15H18N2. The SMILES string of the molecule is CC(C)C(C)(c1cccnc1)c1cccnc1. The van der Waals surface area contributed by atoms with Crippen LogP contribution in [0, 0.1) is 5.92 Å². The van der Waals surface area contributed by atoms with Crippen LogP contribution in [0.3, 0.4) is 0 Å². The van der Waals surface area contributed by atoms with E-state index in [1.165, 1.54) is 11.1 Å². The van der Waals surface area contributed by atoms with E-state index < -0.39 is 0 Å². The molecule has 88 valence electrons. The number of nitrogens with zero attached hydrogens (tertiary/aromatic N) is 2. The Labute approximate surface area is 103 Å². The summed E-state index contributed by atoms with van der Waals surface area (Å²) in [6.07, 6.45) is 7.53. The largest absolute Gasteiger partial charge is 0.264 e. The van der Waals surface area contributed by atoms with E-state index in [-0.39, 0.29) is 5.41 Å². The maximum absolute atomic E-state index is 4.24. The Morgan fingerprint density at radius 3 is 1.71 bits per heavy atom. The monoisotopic (exact) mass is 226 g/mol. The minimum Gasteiger partial charge on any atom is -0.264 e. The number of hydrogen-bond acceptors (Lipinski definition) is 2. The minimum atomic E-state index is -0.0392. The van der Waals surface area contributed by atoms with Crippen molar-refractivity contribution in [1.29, 1.82) is 0 Å². The average molecular weight is 226 g/mol. The molecule has 0 spiro atoms. The summed E-state index contributed by atoms with van der Waals surface area (Å²) in [6, 6.07) is 8.26. The third-order valence-corrected chi connectivity index (χ3v) is 3.68. The topological polar surface area (TPSA) is 25.8 Å². The van der Waals surface area contributed by atoms with Gasteiger partial charge in [0.05, 0.1) is 0 Å². The van der Waals surface area contributed by atoms with Crippen molar-refractivity contribution in [2.24, 2.45) is 5.92 Å². The molecule has 0 fully saturated rings. The molecule has 0 aliphatic heterocycles. The van der Waals surface area contributed by atoms with Gasteiger partial charge in [-0.25, -0.2) is 0 Å². The third-order valence-electron chi connectivity index (χ3n) is 3.68. The first-order valence-corrected chi connectivity index (χ1v) is 5.96. The van der Waals surface area contributed by atoms with Crippen molar-refractivity contribution in [2.45, 2.75) is 26.2 Å². The van der Waals surface area contributed by atoms with Crippen molar-refractivity contribution in [3.05, 3.63) is 60.2 Å². The van der Waals surface area contributed by atoms with Crippen LogP contribution in [-0.4, -0.2) is 9.97 Å². The summed E-state index contributed by atoms with van der Waals surface area (Å²) >= 11 is 0. The minimum absolute atomic E-state index is 0.0392. The Morgan fingerprint density at radius 1 is 0.941 bits per heavy atom. The molecule has 2 aromatic rings. The third kappa shape index (κ3) is 2.07. The highest BCUT2D eigenvalue weighted by Crippen LogP contribution is 2.37. The number of pyridine rings is 2. The second-order valence-electron chi connectivity index (χ2n) is 4.84. The molecule has 0 radical (unpaired) electrons. The molecule has 2 rings (SSSR count). The summed E-state index contributed by atoms with van der Waals surface area (Å²) in [6.45, 7) is 6.73. The Balaban J connectivity index is 2.55. The van der Waals surface area contributed by atoms with Gasteiger partial charge in [-0.15, -0.1) is 0 Å². The summed E-state index contributed by atoms with van der Waals surface area (Å²) in [5.74, 6) is 0.482. The molecule has 0 saturated heterocycles. The van der Waals surface area contributed by atoms with Crippen LogP contribution >= 0.6 is 0 Å². The van der Waals surface area contributed by atoms with Crippen molar-refractivity contribution in [1.82, 2.24) is 9.97 Å². The summed E-state index contributed by atoms with van der Waals surface area (Å²) in [5, 5.41) is 0. The molecule has 0 bridgehead atoms. The first-order valence-electron chi connectivity index (χ1n) is 5.96. The van der Waals surface area contributed by atoms with E-state index in [9.17, 15) is 0 Å². The van der Waals surface area contributed by atoms with E-state index >= 15 is 0 Å². The van der Waals surface area contributed by atoms with Gasteiger partial charge >= 0.3 is 0 Å². The van der Waals surface area contributed by atoms with E-state index in [4.69, 9.17) is 0 Å². The first-order chi connectivity index (χ1) is 8.15. The van der Waals surface area contributed by atoms with Crippen LogP contribution in [0.25, 0.3) is 0 Å². The van der Waals surface area contributed by atoms with Crippen LogP contribution in [0.5, 0.6) is 0 Å². The first kappa shape index (κ1) is 11.8. The zero-order valence-electron chi connectivity index (χ0n) is 10.6. The molecule has 2 heteroatoms. The van der Waals surface area contributed by atoms with Gasteiger partial charge in [-0.05, 0) is 29.2 Å². The fourth-order valence-electron chi connectivity index (χ4n) is 2.17. The van der Waals surface area contributed by atoms with E-state index in [1.54, 1.807) is 0 Å². The molecule has 2 nitrogen and oxygen atoms in total. The van der Waals surface area contributed by atoms with Gasteiger partial charge in [-0.1, -0.05) is 32.9 Å². The summed E-state index contributed by atoms with van der Waals surface area (Å²) in [7, 11) is 0. The van der Waals surface area contributed by atoms with Crippen molar-refractivity contribution >= 4 is 0 Å². The number of aromatic nitrogens is 2. The summed E-state index contributed by atoms with van der Waals surface area (Å²) in [5.41, 5.74) is 2.44. The molecule has 0 aliphatic carbocycles. The van der Waals surface area contributed by atoms with Crippen molar-refractivity contribution in [3.63, 3.8) is 0 Å². The Morgan fingerprint density at radius 2 is 1.41 bits per heavy atom. The fraction of sp³-hybridized carbons (Fsp3) is 0.333. The van der Waals surface area contributed by atoms with Gasteiger partial charge in [0.2, 0.25) is 0 Å². The summed E-state index contributed by atoms with van der Waals surface area (Å²) in [4.78, 5) is 8.48.